The Hall–Kier alpha value is -2.43. The van der Waals surface area contributed by atoms with Gasteiger partial charge in [-0.1, -0.05) is 24.3 Å². The van der Waals surface area contributed by atoms with E-state index in [0.29, 0.717) is 17.8 Å². The van der Waals surface area contributed by atoms with Crippen molar-refractivity contribution in [2.75, 3.05) is 11.9 Å². The van der Waals surface area contributed by atoms with E-state index >= 15 is 0 Å². The number of hydrogen-bond donors (Lipinski definition) is 1. The van der Waals surface area contributed by atoms with Gasteiger partial charge < -0.3 is 10.2 Å². The van der Waals surface area contributed by atoms with Crippen LogP contribution in [0.2, 0.25) is 0 Å². The van der Waals surface area contributed by atoms with Gasteiger partial charge in [-0.2, -0.15) is 0 Å². The van der Waals surface area contributed by atoms with E-state index in [9.17, 15) is 13.6 Å². The monoisotopic (exact) mass is 288 g/mol. The molecule has 0 aliphatic carbocycles. The number of amides is 2. The summed E-state index contributed by atoms with van der Waals surface area (Å²) in [6, 6.07) is 11.5. The summed E-state index contributed by atoms with van der Waals surface area (Å²) in [4.78, 5) is 13.7. The lowest BCUT2D eigenvalue weighted by Gasteiger charge is -2.41. The lowest BCUT2D eigenvalue weighted by Crippen LogP contribution is -2.47. The zero-order valence-electron chi connectivity index (χ0n) is 11.2. The molecule has 0 spiro atoms. The Labute approximate surface area is 121 Å². The Morgan fingerprint density at radius 3 is 2.62 bits per heavy atom. The second kappa shape index (κ2) is 5.52. The van der Waals surface area contributed by atoms with Crippen molar-refractivity contribution in [3.63, 3.8) is 0 Å². The summed E-state index contributed by atoms with van der Waals surface area (Å²) >= 11 is 0. The first kappa shape index (κ1) is 13.5. The fourth-order valence-corrected chi connectivity index (χ4v) is 2.46. The Morgan fingerprint density at radius 2 is 1.95 bits per heavy atom. The molecule has 0 radical (unpaired) electrons. The van der Waals surface area contributed by atoms with Gasteiger partial charge in [0.25, 0.3) is 0 Å². The molecule has 1 fully saturated rings. The maximum atomic E-state index is 13.8. The second-order valence-corrected chi connectivity index (χ2v) is 4.96. The fraction of sp³-hybridized carbons (Fsp3) is 0.188. The predicted molar refractivity (Wildman–Crippen MR) is 75.9 cm³/mol. The van der Waals surface area contributed by atoms with Crippen LogP contribution in [0.1, 0.15) is 18.0 Å². The van der Waals surface area contributed by atoms with E-state index in [0.717, 1.165) is 6.42 Å². The van der Waals surface area contributed by atoms with Gasteiger partial charge in [-0.15, -0.1) is 0 Å². The molecule has 0 unspecified atom stereocenters. The molecule has 3 nitrogen and oxygen atoms in total. The van der Waals surface area contributed by atoms with Crippen LogP contribution in [0.3, 0.4) is 0 Å². The molecule has 1 aliphatic heterocycles. The first-order valence-corrected chi connectivity index (χ1v) is 6.73. The minimum atomic E-state index is -0.415. The van der Waals surface area contributed by atoms with Crippen LogP contribution >= 0.6 is 0 Å². The topological polar surface area (TPSA) is 32.3 Å². The molecule has 0 aromatic heterocycles. The van der Waals surface area contributed by atoms with Crippen molar-refractivity contribution in [3.8, 4) is 0 Å². The summed E-state index contributed by atoms with van der Waals surface area (Å²) in [7, 11) is 0. The molecule has 2 amide bonds. The number of urea groups is 1. The van der Waals surface area contributed by atoms with Gasteiger partial charge in [0.05, 0.1) is 6.04 Å². The fourth-order valence-electron chi connectivity index (χ4n) is 2.46. The molecule has 1 heterocycles. The minimum Gasteiger partial charge on any atom is -0.317 e. The van der Waals surface area contributed by atoms with Gasteiger partial charge >= 0.3 is 6.03 Å². The van der Waals surface area contributed by atoms with E-state index in [1.165, 1.54) is 24.3 Å². The summed E-state index contributed by atoms with van der Waals surface area (Å²) in [6.45, 7) is 0.556. The number of hydrogen-bond acceptors (Lipinski definition) is 1. The van der Waals surface area contributed by atoms with Crippen molar-refractivity contribution in [3.05, 3.63) is 65.7 Å². The van der Waals surface area contributed by atoms with Crippen molar-refractivity contribution >= 4 is 11.7 Å². The number of carbonyl (C=O) groups excluding carboxylic acids is 1. The number of nitrogens with zero attached hydrogens (tertiary/aromatic N) is 1. The molecule has 2 aromatic carbocycles. The van der Waals surface area contributed by atoms with Crippen LogP contribution in [-0.4, -0.2) is 17.5 Å². The Bertz CT molecular complexity index is 675. The van der Waals surface area contributed by atoms with Gasteiger partial charge in [0.2, 0.25) is 0 Å². The van der Waals surface area contributed by atoms with E-state index < -0.39 is 5.82 Å². The molecule has 0 bridgehead atoms. The predicted octanol–water partition coefficient (Wildman–Crippen LogP) is 3.94. The quantitative estimate of drug-likeness (QED) is 0.891. The molecular formula is C16H14F2N2O. The third-order valence-electron chi connectivity index (χ3n) is 3.62. The normalized spacial score (nSPS) is 17.2. The molecule has 1 atom stereocenters. The Kier molecular flexibility index (Phi) is 3.56. The second-order valence-electron chi connectivity index (χ2n) is 4.96. The summed E-state index contributed by atoms with van der Waals surface area (Å²) < 4.78 is 26.9. The van der Waals surface area contributed by atoms with Gasteiger partial charge in [0.15, 0.2) is 0 Å². The number of carbonyl (C=O) groups is 1. The van der Waals surface area contributed by atoms with Gasteiger partial charge in [-0.05, 0) is 30.7 Å². The molecule has 21 heavy (non-hydrogen) atoms. The third-order valence-corrected chi connectivity index (χ3v) is 3.62. The highest BCUT2D eigenvalue weighted by molar-refractivity contribution is 5.90. The lowest BCUT2D eigenvalue weighted by molar-refractivity contribution is 0.124. The van der Waals surface area contributed by atoms with Crippen LogP contribution in [0.25, 0.3) is 0 Å². The van der Waals surface area contributed by atoms with Crippen molar-refractivity contribution in [1.82, 2.24) is 4.90 Å². The number of halogens is 2. The van der Waals surface area contributed by atoms with Crippen molar-refractivity contribution < 1.29 is 13.6 Å². The first-order valence-electron chi connectivity index (χ1n) is 6.73. The number of nitrogens with one attached hydrogen (secondary N) is 1. The van der Waals surface area contributed by atoms with Crippen LogP contribution in [0, 0.1) is 11.6 Å². The van der Waals surface area contributed by atoms with Crippen molar-refractivity contribution in [2.24, 2.45) is 0 Å². The van der Waals surface area contributed by atoms with E-state index in [-0.39, 0.29) is 17.9 Å². The molecule has 1 saturated heterocycles. The maximum absolute atomic E-state index is 13.8. The average molecular weight is 288 g/mol. The van der Waals surface area contributed by atoms with E-state index in [2.05, 4.69) is 5.32 Å². The van der Waals surface area contributed by atoms with Gasteiger partial charge in [0, 0.05) is 17.8 Å². The molecule has 5 heteroatoms. The number of benzene rings is 2. The Balaban J connectivity index is 1.73. The number of anilines is 1. The summed E-state index contributed by atoms with van der Waals surface area (Å²) in [5.74, 6) is -0.729. The van der Waals surface area contributed by atoms with Gasteiger partial charge in [-0.3, -0.25) is 0 Å². The summed E-state index contributed by atoms with van der Waals surface area (Å²) in [5.41, 5.74) is 0.900. The molecular weight excluding hydrogens is 274 g/mol. The minimum absolute atomic E-state index is 0.264. The van der Waals surface area contributed by atoms with Crippen molar-refractivity contribution in [2.45, 2.75) is 12.5 Å². The highest BCUT2D eigenvalue weighted by Crippen LogP contribution is 2.34. The highest BCUT2D eigenvalue weighted by atomic mass is 19.1. The molecule has 3 rings (SSSR count). The summed E-state index contributed by atoms with van der Waals surface area (Å²) in [6.07, 6.45) is 0.720. The molecule has 1 N–H and O–H groups in total. The van der Waals surface area contributed by atoms with Crippen LogP contribution in [0.15, 0.2) is 48.5 Å². The molecule has 1 aliphatic rings. The lowest BCUT2D eigenvalue weighted by atomic mass is 9.95. The Morgan fingerprint density at radius 1 is 1.14 bits per heavy atom. The SMILES string of the molecule is O=C(Nc1cccc(F)c1)N1CC[C@@H]1c1ccccc1F. The zero-order chi connectivity index (χ0) is 14.8. The van der Waals surface area contributed by atoms with E-state index in [1.807, 2.05) is 0 Å². The molecule has 2 aromatic rings. The summed E-state index contributed by atoms with van der Waals surface area (Å²) in [5, 5.41) is 2.63. The highest BCUT2D eigenvalue weighted by Gasteiger charge is 2.34. The molecule has 108 valence electrons. The average Bonchev–Trinajstić information content (AvgIpc) is 2.40. The van der Waals surface area contributed by atoms with E-state index in [4.69, 9.17) is 0 Å². The van der Waals surface area contributed by atoms with Crippen LogP contribution < -0.4 is 5.32 Å². The van der Waals surface area contributed by atoms with Crippen LogP contribution in [0.5, 0.6) is 0 Å². The van der Waals surface area contributed by atoms with Gasteiger partial charge in [-0.25, -0.2) is 13.6 Å². The van der Waals surface area contributed by atoms with Crippen molar-refractivity contribution in [1.29, 1.82) is 0 Å². The van der Waals surface area contributed by atoms with E-state index in [1.54, 1.807) is 29.2 Å². The van der Waals surface area contributed by atoms with Gasteiger partial charge in [0.1, 0.15) is 11.6 Å². The van der Waals surface area contributed by atoms with Crippen LogP contribution in [-0.2, 0) is 0 Å². The number of likely N-dealkylation sites (tertiary alicyclic amines) is 1. The smallest absolute Gasteiger partial charge is 0.317 e. The number of rotatable bonds is 2. The zero-order valence-corrected chi connectivity index (χ0v) is 11.2. The third kappa shape index (κ3) is 2.72. The van der Waals surface area contributed by atoms with Crippen LogP contribution in [0.4, 0.5) is 19.3 Å². The standard InChI is InChI=1S/C16H14F2N2O/c17-11-4-3-5-12(10-11)19-16(21)20-9-8-15(20)13-6-1-2-7-14(13)18/h1-7,10,15H,8-9H2,(H,19,21)/t15-/m1/s1. The molecule has 0 saturated carbocycles. The maximum Gasteiger partial charge on any atom is 0.322 e. The largest absolute Gasteiger partial charge is 0.322 e. The first-order chi connectivity index (χ1) is 10.1.